The van der Waals surface area contributed by atoms with Gasteiger partial charge in [-0.25, -0.2) is 0 Å². The second kappa shape index (κ2) is 10.2. The summed E-state index contributed by atoms with van der Waals surface area (Å²) in [5.41, 5.74) is 2.68. The molecule has 1 atom stereocenters. The van der Waals surface area contributed by atoms with Crippen molar-refractivity contribution in [2.75, 3.05) is 12.0 Å². The van der Waals surface area contributed by atoms with E-state index in [-0.39, 0.29) is 11.8 Å². The minimum absolute atomic E-state index is 0.179. The van der Waals surface area contributed by atoms with Crippen LogP contribution in [0.2, 0.25) is 5.02 Å². The fourth-order valence-corrected chi connectivity index (χ4v) is 2.96. The molecule has 2 aromatic carbocycles. The Kier molecular flexibility index (Phi) is 8.01. The Labute approximate surface area is 163 Å². The Bertz CT molecular complexity index is 732. The van der Waals surface area contributed by atoms with Crippen LogP contribution in [-0.4, -0.2) is 29.9 Å². The highest BCUT2D eigenvalue weighted by molar-refractivity contribution is 7.98. The van der Waals surface area contributed by atoms with Gasteiger partial charge in [-0.2, -0.15) is 11.8 Å². The summed E-state index contributed by atoms with van der Waals surface area (Å²) in [6.07, 6.45) is 2.54. The van der Waals surface area contributed by atoms with Crippen molar-refractivity contribution < 1.29 is 9.59 Å². The van der Waals surface area contributed by atoms with Crippen LogP contribution in [0.3, 0.4) is 0 Å². The first-order chi connectivity index (χ1) is 12.5. The number of hydrogen-bond acceptors (Lipinski definition) is 3. The summed E-state index contributed by atoms with van der Waals surface area (Å²) in [7, 11) is 0. The van der Waals surface area contributed by atoms with Crippen molar-refractivity contribution in [2.45, 2.75) is 25.9 Å². The molecule has 0 saturated heterocycles. The lowest BCUT2D eigenvalue weighted by atomic mass is 10.1. The first-order valence-electron chi connectivity index (χ1n) is 8.38. The van der Waals surface area contributed by atoms with Gasteiger partial charge in [-0.1, -0.05) is 41.4 Å². The van der Waals surface area contributed by atoms with E-state index in [9.17, 15) is 9.59 Å². The largest absolute Gasteiger partial charge is 0.350 e. The van der Waals surface area contributed by atoms with Gasteiger partial charge in [-0.05, 0) is 55.2 Å². The van der Waals surface area contributed by atoms with E-state index < -0.39 is 6.04 Å². The number of halogens is 1. The maximum atomic E-state index is 12.6. The average Bonchev–Trinajstić information content (AvgIpc) is 2.64. The maximum absolute atomic E-state index is 12.6. The van der Waals surface area contributed by atoms with Crippen molar-refractivity contribution in [1.82, 2.24) is 10.6 Å². The first kappa shape index (κ1) is 20.3. The number of nitrogens with one attached hydrogen (secondary N) is 2. The van der Waals surface area contributed by atoms with E-state index in [2.05, 4.69) is 10.6 Å². The number of thioether (sulfide) groups is 1. The molecule has 0 radical (unpaired) electrons. The zero-order valence-corrected chi connectivity index (χ0v) is 16.5. The topological polar surface area (TPSA) is 58.2 Å². The highest BCUT2D eigenvalue weighted by Gasteiger charge is 2.20. The van der Waals surface area contributed by atoms with Gasteiger partial charge in [0.1, 0.15) is 6.04 Å². The summed E-state index contributed by atoms with van der Waals surface area (Å²) < 4.78 is 0. The van der Waals surface area contributed by atoms with Gasteiger partial charge >= 0.3 is 0 Å². The van der Waals surface area contributed by atoms with E-state index in [1.54, 1.807) is 36.0 Å². The number of aryl methyl sites for hydroxylation is 1. The standard InChI is InChI=1S/C20H23ClN2O2S/c1-14-3-5-15(6-4-14)13-22-20(25)18(11-12-26-2)23-19(24)16-7-9-17(21)10-8-16/h3-10,18H,11-13H2,1-2H3,(H,22,25)(H,23,24)/t18-/m0/s1. The molecule has 6 heteroatoms. The maximum Gasteiger partial charge on any atom is 0.251 e. The lowest BCUT2D eigenvalue weighted by Gasteiger charge is -2.18. The van der Waals surface area contributed by atoms with Crippen LogP contribution in [-0.2, 0) is 11.3 Å². The summed E-state index contributed by atoms with van der Waals surface area (Å²) >= 11 is 7.49. The van der Waals surface area contributed by atoms with Crippen LogP contribution >= 0.6 is 23.4 Å². The molecule has 0 bridgehead atoms. The Morgan fingerprint density at radius 1 is 1.08 bits per heavy atom. The molecular weight excluding hydrogens is 368 g/mol. The van der Waals surface area contributed by atoms with Crippen LogP contribution in [0.4, 0.5) is 0 Å². The molecule has 0 unspecified atom stereocenters. The van der Waals surface area contributed by atoms with Gasteiger partial charge in [-0.15, -0.1) is 0 Å². The zero-order valence-electron chi connectivity index (χ0n) is 14.9. The van der Waals surface area contributed by atoms with Crippen LogP contribution in [0.25, 0.3) is 0 Å². The number of benzene rings is 2. The fraction of sp³-hybridized carbons (Fsp3) is 0.300. The molecule has 0 fully saturated rings. The van der Waals surface area contributed by atoms with E-state index in [4.69, 9.17) is 11.6 Å². The second-order valence-electron chi connectivity index (χ2n) is 6.02. The van der Waals surface area contributed by atoms with Crippen LogP contribution in [0, 0.1) is 6.92 Å². The first-order valence-corrected chi connectivity index (χ1v) is 10.2. The lowest BCUT2D eigenvalue weighted by molar-refractivity contribution is -0.123. The van der Waals surface area contributed by atoms with Gasteiger partial charge < -0.3 is 10.6 Å². The zero-order chi connectivity index (χ0) is 18.9. The molecule has 2 rings (SSSR count). The molecule has 0 heterocycles. The lowest BCUT2D eigenvalue weighted by Crippen LogP contribution is -2.46. The Morgan fingerprint density at radius 2 is 1.73 bits per heavy atom. The van der Waals surface area contributed by atoms with Crippen LogP contribution in [0.1, 0.15) is 27.9 Å². The van der Waals surface area contributed by atoms with Crippen molar-refractivity contribution in [2.24, 2.45) is 0 Å². The summed E-state index contributed by atoms with van der Waals surface area (Å²) in [5, 5.41) is 6.30. The van der Waals surface area contributed by atoms with Gasteiger partial charge in [0, 0.05) is 17.1 Å². The molecule has 0 spiro atoms. The predicted octanol–water partition coefficient (Wildman–Crippen LogP) is 3.82. The van der Waals surface area contributed by atoms with E-state index in [0.717, 1.165) is 11.3 Å². The van der Waals surface area contributed by atoms with Gasteiger partial charge in [0.05, 0.1) is 0 Å². The number of hydrogen-bond donors (Lipinski definition) is 2. The fourth-order valence-electron chi connectivity index (χ4n) is 2.37. The van der Waals surface area contributed by atoms with Crippen molar-refractivity contribution >= 4 is 35.2 Å². The Balaban J connectivity index is 1.98. The molecule has 0 aliphatic carbocycles. The predicted molar refractivity (Wildman–Crippen MR) is 109 cm³/mol. The summed E-state index contributed by atoms with van der Waals surface area (Å²) in [5.74, 6) is 0.323. The average molecular weight is 391 g/mol. The summed E-state index contributed by atoms with van der Waals surface area (Å²) in [4.78, 5) is 25.0. The minimum atomic E-state index is -0.573. The normalized spacial score (nSPS) is 11.7. The highest BCUT2D eigenvalue weighted by atomic mass is 35.5. The Hall–Kier alpha value is -1.98. The van der Waals surface area contributed by atoms with Gasteiger partial charge in [0.2, 0.25) is 5.91 Å². The van der Waals surface area contributed by atoms with Crippen molar-refractivity contribution in [3.63, 3.8) is 0 Å². The molecule has 0 saturated carbocycles. The molecular formula is C20H23ClN2O2S. The second-order valence-corrected chi connectivity index (χ2v) is 7.44. The molecule has 0 aromatic heterocycles. The Morgan fingerprint density at radius 3 is 2.35 bits per heavy atom. The SMILES string of the molecule is CSCC[C@H](NC(=O)c1ccc(Cl)cc1)C(=O)NCc1ccc(C)cc1. The third-order valence-corrected chi connectivity index (χ3v) is 4.82. The summed E-state index contributed by atoms with van der Waals surface area (Å²) in [6, 6.07) is 14.0. The third kappa shape index (κ3) is 6.39. The molecule has 2 amide bonds. The molecule has 2 N–H and O–H groups in total. The molecule has 4 nitrogen and oxygen atoms in total. The van der Waals surface area contributed by atoms with Crippen molar-refractivity contribution in [3.8, 4) is 0 Å². The third-order valence-electron chi connectivity index (χ3n) is 3.93. The van der Waals surface area contributed by atoms with Crippen LogP contribution < -0.4 is 10.6 Å². The molecule has 2 aromatic rings. The smallest absolute Gasteiger partial charge is 0.251 e. The highest BCUT2D eigenvalue weighted by Crippen LogP contribution is 2.10. The molecule has 0 aliphatic heterocycles. The van der Waals surface area contributed by atoms with E-state index >= 15 is 0 Å². The minimum Gasteiger partial charge on any atom is -0.350 e. The van der Waals surface area contributed by atoms with Crippen molar-refractivity contribution in [3.05, 3.63) is 70.2 Å². The monoisotopic (exact) mass is 390 g/mol. The van der Waals surface area contributed by atoms with Gasteiger partial charge in [0.15, 0.2) is 0 Å². The number of carbonyl (C=O) groups excluding carboxylic acids is 2. The van der Waals surface area contributed by atoms with E-state index in [0.29, 0.717) is 23.6 Å². The molecule has 0 aliphatic rings. The van der Waals surface area contributed by atoms with Gasteiger partial charge in [0.25, 0.3) is 5.91 Å². The molecule has 26 heavy (non-hydrogen) atoms. The van der Waals surface area contributed by atoms with Crippen LogP contribution in [0.15, 0.2) is 48.5 Å². The van der Waals surface area contributed by atoms with E-state index in [1.807, 2.05) is 37.4 Å². The van der Waals surface area contributed by atoms with Crippen LogP contribution in [0.5, 0.6) is 0 Å². The summed E-state index contributed by atoms with van der Waals surface area (Å²) in [6.45, 7) is 2.46. The number of carbonyl (C=O) groups is 2. The van der Waals surface area contributed by atoms with Crippen molar-refractivity contribution in [1.29, 1.82) is 0 Å². The van der Waals surface area contributed by atoms with E-state index in [1.165, 1.54) is 5.56 Å². The van der Waals surface area contributed by atoms with Gasteiger partial charge in [-0.3, -0.25) is 9.59 Å². The number of rotatable bonds is 8. The quantitative estimate of drug-likeness (QED) is 0.720. The number of amides is 2. The molecule has 138 valence electrons.